The molecule has 2 aromatic rings. The Morgan fingerprint density at radius 1 is 0.840 bits per heavy atom. The van der Waals surface area contributed by atoms with E-state index in [4.69, 9.17) is 0 Å². The molecule has 4 nitrogen and oxygen atoms in total. The number of unbranched alkanes of at least 4 members (excludes halogenated alkanes) is 3. The molecule has 3 rings (SSSR count). The van der Waals surface area contributed by atoms with Gasteiger partial charge in [0.15, 0.2) is 11.6 Å². The van der Waals surface area contributed by atoms with E-state index < -0.39 is 0 Å². The van der Waals surface area contributed by atoms with Gasteiger partial charge in [0, 0.05) is 23.1 Å². The maximum atomic E-state index is 12.9. The van der Waals surface area contributed by atoms with Crippen molar-refractivity contribution in [1.29, 1.82) is 0 Å². The summed E-state index contributed by atoms with van der Waals surface area (Å²) in [5, 5.41) is 2.82. The van der Waals surface area contributed by atoms with Gasteiger partial charge in [0.2, 0.25) is 5.91 Å². The first-order chi connectivity index (χ1) is 12.1. The number of ketones is 2. The zero-order valence-electron chi connectivity index (χ0n) is 14.3. The van der Waals surface area contributed by atoms with Crippen molar-refractivity contribution in [2.75, 3.05) is 5.32 Å². The smallest absolute Gasteiger partial charge is 0.224 e. The Hall–Kier alpha value is -2.75. The fourth-order valence-corrected chi connectivity index (χ4v) is 3.17. The van der Waals surface area contributed by atoms with Crippen LogP contribution in [-0.4, -0.2) is 17.5 Å². The first-order valence-corrected chi connectivity index (χ1v) is 8.74. The first kappa shape index (κ1) is 17.1. The molecule has 0 saturated carbocycles. The number of nitrogens with one attached hydrogen (secondary N) is 1. The van der Waals surface area contributed by atoms with Crippen molar-refractivity contribution in [3.8, 4) is 0 Å². The normalized spacial score (nSPS) is 12.5. The molecule has 0 atom stereocenters. The molecule has 1 N–H and O–H groups in total. The van der Waals surface area contributed by atoms with Gasteiger partial charge in [0.1, 0.15) is 0 Å². The average molecular weight is 335 g/mol. The minimum absolute atomic E-state index is 0.122. The highest BCUT2D eigenvalue weighted by Gasteiger charge is 2.31. The lowest BCUT2D eigenvalue weighted by molar-refractivity contribution is -0.116. The van der Waals surface area contributed by atoms with Crippen LogP contribution in [-0.2, 0) is 4.79 Å². The molecule has 0 aliphatic heterocycles. The van der Waals surface area contributed by atoms with Crippen LogP contribution < -0.4 is 5.32 Å². The van der Waals surface area contributed by atoms with Crippen LogP contribution in [0.15, 0.2) is 42.5 Å². The molecular weight excluding hydrogens is 314 g/mol. The van der Waals surface area contributed by atoms with E-state index in [-0.39, 0.29) is 17.5 Å². The summed E-state index contributed by atoms with van der Waals surface area (Å²) in [6.45, 7) is 2.12. The second-order valence-electron chi connectivity index (χ2n) is 6.29. The molecule has 0 bridgehead atoms. The highest BCUT2D eigenvalue weighted by atomic mass is 16.2. The molecule has 1 amide bonds. The van der Waals surface area contributed by atoms with Gasteiger partial charge >= 0.3 is 0 Å². The van der Waals surface area contributed by atoms with E-state index in [1.807, 2.05) is 0 Å². The highest BCUT2D eigenvalue weighted by Crippen LogP contribution is 2.32. The molecule has 0 heterocycles. The molecule has 0 saturated heterocycles. The lowest BCUT2D eigenvalue weighted by Crippen LogP contribution is -2.23. The Kier molecular flexibility index (Phi) is 5.08. The Morgan fingerprint density at radius 2 is 1.52 bits per heavy atom. The lowest BCUT2D eigenvalue weighted by Gasteiger charge is -2.20. The van der Waals surface area contributed by atoms with E-state index in [2.05, 4.69) is 12.2 Å². The van der Waals surface area contributed by atoms with Gasteiger partial charge in [0.25, 0.3) is 0 Å². The van der Waals surface area contributed by atoms with Crippen LogP contribution in [0.4, 0.5) is 5.69 Å². The van der Waals surface area contributed by atoms with Gasteiger partial charge in [0.05, 0.1) is 11.3 Å². The summed E-state index contributed by atoms with van der Waals surface area (Å²) >= 11 is 0. The fourth-order valence-electron chi connectivity index (χ4n) is 3.17. The predicted molar refractivity (Wildman–Crippen MR) is 97.1 cm³/mol. The van der Waals surface area contributed by atoms with E-state index in [9.17, 15) is 14.4 Å². The number of anilines is 1. The maximum absolute atomic E-state index is 12.9. The standard InChI is InChI=1S/C21H21NO3/c1-2-3-4-5-13-18(23)22-17-12-8-11-16-19(17)21(25)15-10-7-6-9-14(15)20(16)24/h6-12H,2-5,13H2,1H3,(H,22,23). The van der Waals surface area contributed by atoms with Crippen LogP contribution in [0.25, 0.3) is 0 Å². The van der Waals surface area contributed by atoms with Crippen molar-refractivity contribution in [1.82, 2.24) is 0 Å². The third-order valence-electron chi connectivity index (χ3n) is 4.48. The van der Waals surface area contributed by atoms with Crippen molar-refractivity contribution in [2.24, 2.45) is 0 Å². The number of benzene rings is 2. The van der Waals surface area contributed by atoms with Gasteiger partial charge in [-0.25, -0.2) is 0 Å². The zero-order chi connectivity index (χ0) is 17.8. The Morgan fingerprint density at radius 3 is 2.24 bits per heavy atom. The molecule has 1 aliphatic rings. The molecule has 0 spiro atoms. The summed E-state index contributed by atoms with van der Waals surface area (Å²) in [7, 11) is 0. The van der Waals surface area contributed by atoms with Crippen molar-refractivity contribution < 1.29 is 14.4 Å². The molecule has 4 heteroatoms. The molecule has 25 heavy (non-hydrogen) atoms. The van der Waals surface area contributed by atoms with E-state index in [0.717, 1.165) is 25.7 Å². The zero-order valence-corrected chi connectivity index (χ0v) is 14.3. The van der Waals surface area contributed by atoms with Gasteiger partial charge in [-0.3, -0.25) is 14.4 Å². The van der Waals surface area contributed by atoms with Crippen molar-refractivity contribution in [3.63, 3.8) is 0 Å². The van der Waals surface area contributed by atoms with E-state index in [1.54, 1.807) is 42.5 Å². The van der Waals surface area contributed by atoms with Crippen molar-refractivity contribution >= 4 is 23.2 Å². The Balaban J connectivity index is 1.86. The Bertz CT molecular complexity index is 839. The van der Waals surface area contributed by atoms with Crippen LogP contribution in [0.5, 0.6) is 0 Å². The Labute approximate surface area is 147 Å². The van der Waals surface area contributed by atoms with E-state index in [0.29, 0.717) is 34.4 Å². The third kappa shape index (κ3) is 3.38. The minimum atomic E-state index is -0.216. The van der Waals surface area contributed by atoms with Crippen LogP contribution in [0.2, 0.25) is 0 Å². The van der Waals surface area contributed by atoms with Crippen LogP contribution in [0, 0.1) is 0 Å². The molecule has 0 unspecified atom stereocenters. The van der Waals surface area contributed by atoms with Crippen LogP contribution in [0.3, 0.4) is 0 Å². The second-order valence-corrected chi connectivity index (χ2v) is 6.29. The van der Waals surface area contributed by atoms with E-state index in [1.165, 1.54) is 0 Å². The third-order valence-corrected chi connectivity index (χ3v) is 4.48. The first-order valence-electron chi connectivity index (χ1n) is 8.74. The SMILES string of the molecule is CCCCCCC(=O)Nc1cccc2c1C(=O)c1ccccc1C2=O. The summed E-state index contributed by atoms with van der Waals surface area (Å²) < 4.78 is 0. The fraction of sp³-hybridized carbons (Fsp3) is 0.286. The average Bonchev–Trinajstić information content (AvgIpc) is 2.63. The number of hydrogen-bond donors (Lipinski definition) is 1. The molecule has 0 fully saturated rings. The summed E-state index contributed by atoms with van der Waals surface area (Å²) in [6, 6.07) is 11.8. The number of rotatable bonds is 6. The number of amides is 1. The number of hydrogen-bond acceptors (Lipinski definition) is 3. The van der Waals surface area contributed by atoms with Gasteiger partial charge < -0.3 is 5.32 Å². The summed E-state index contributed by atoms with van der Waals surface area (Å²) in [5.74, 6) is -0.514. The van der Waals surface area contributed by atoms with Crippen molar-refractivity contribution in [2.45, 2.75) is 39.0 Å². The minimum Gasteiger partial charge on any atom is -0.325 e. The molecule has 0 aromatic heterocycles. The molecule has 2 aromatic carbocycles. The van der Waals surface area contributed by atoms with Crippen molar-refractivity contribution in [3.05, 3.63) is 64.7 Å². The molecule has 0 radical (unpaired) electrons. The number of fused-ring (bicyclic) bond motifs is 2. The lowest BCUT2D eigenvalue weighted by atomic mass is 9.83. The molecule has 128 valence electrons. The van der Waals surface area contributed by atoms with Gasteiger partial charge in [-0.2, -0.15) is 0 Å². The second kappa shape index (κ2) is 7.43. The topological polar surface area (TPSA) is 63.2 Å². The van der Waals surface area contributed by atoms with Gasteiger partial charge in [-0.05, 0) is 12.5 Å². The summed E-state index contributed by atoms with van der Waals surface area (Å²) in [4.78, 5) is 37.7. The van der Waals surface area contributed by atoms with Crippen LogP contribution in [0.1, 0.15) is 70.9 Å². The van der Waals surface area contributed by atoms with E-state index >= 15 is 0 Å². The summed E-state index contributed by atoms with van der Waals surface area (Å²) in [6.07, 6.45) is 4.48. The largest absolute Gasteiger partial charge is 0.325 e. The number of carbonyl (C=O) groups is 3. The molecule has 1 aliphatic carbocycles. The quantitative estimate of drug-likeness (QED) is 0.680. The monoisotopic (exact) mass is 335 g/mol. The summed E-state index contributed by atoms with van der Waals surface area (Å²) in [5.41, 5.74) is 1.89. The van der Waals surface area contributed by atoms with Crippen LogP contribution >= 0.6 is 0 Å². The molecular formula is C21H21NO3. The highest BCUT2D eigenvalue weighted by molar-refractivity contribution is 6.30. The number of carbonyl (C=O) groups excluding carboxylic acids is 3. The predicted octanol–water partition coefficient (Wildman–Crippen LogP) is 4.37. The maximum Gasteiger partial charge on any atom is 0.224 e. The van der Waals surface area contributed by atoms with Gasteiger partial charge in [-0.15, -0.1) is 0 Å². The van der Waals surface area contributed by atoms with Gasteiger partial charge in [-0.1, -0.05) is 62.6 Å².